The number of primary amides is 1. The average Bonchev–Trinajstić information content (AvgIpc) is 3.01. The molecule has 0 saturated heterocycles. The zero-order valence-corrected chi connectivity index (χ0v) is 21.9. The van der Waals surface area contributed by atoms with E-state index in [1.54, 1.807) is 54.6 Å². The van der Waals surface area contributed by atoms with Gasteiger partial charge in [-0.25, -0.2) is 4.99 Å². The van der Waals surface area contributed by atoms with Crippen molar-refractivity contribution in [3.05, 3.63) is 99.0 Å². The normalized spacial score (nSPS) is 14.9. The number of rotatable bonds is 9. The van der Waals surface area contributed by atoms with Gasteiger partial charge in [-0.05, 0) is 48.7 Å². The first-order chi connectivity index (χ1) is 18.3. The molecule has 0 radical (unpaired) electrons. The number of benzodiazepines with no additional fused rings is 1. The van der Waals surface area contributed by atoms with Gasteiger partial charge in [0.15, 0.2) is 0 Å². The fourth-order valence-corrected chi connectivity index (χ4v) is 4.71. The fraction of sp³-hybridized carbons (Fsp3) is 0.214. The molecule has 196 valence electrons. The van der Waals surface area contributed by atoms with Crippen molar-refractivity contribution >= 4 is 52.3 Å². The maximum absolute atomic E-state index is 13.7. The highest BCUT2D eigenvalue weighted by Crippen LogP contribution is 2.29. The number of aliphatic hydroxyl groups is 1. The third-order valence-corrected chi connectivity index (χ3v) is 6.71. The van der Waals surface area contributed by atoms with Crippen LogP contribution < -0.4 is 16.0 Å². The molecule has 4 rings (SSSR count). The van der Waals surface area contributed by atoms with E-state index in [0.717, 1.165) is 5.56 Å². The maximum Gasteiger partial charge on any atom is 0.272 e. The van der Waals surface area contributed by atoms with Gasteiger partial charge in [0.05, 0.1) is 11.4 Å². The van der Waals surface area contributed by atoms with Crippen LogP contribution in [0.3, 0.4) is 0 Å². The summed E-state index contributed by atoms with van der Waals surface area (Å²) >= 11 is 12.2. The first kappa shape index (κ1) is 27.3. The number of anilines is 1. The minimum atomic E-state index is -1.21. The van der Waals surface area contributed by atoms with Gasteiger partial charge >= 0.3 is 0 Å². The molecule has 3 aromatic carbocycles. The molecule has 0 bridgehead atoms. The quantitative estimate of drug-likeness (QED) is 0.374. The van der Waals surface area contributed by atoms with E-state index in [0.29, 0.717) is 51.0 Å². The first-order valence-electron chi connectivity index (χ1n) is 12.0. The number of hydrogen-bond donors (Lipinski definition) is 3. The molecule has 0 saturated carbocycles. The summed E-state index contributed by atoms with van der Waals surface area (Å²) in [5.74, 6) is -1.36. The van der Waals surface area contributed by atoms with Crippen LogP contribution in [0.4, 0.5) is 5.69 Å². The zero-order valence-electron chi connectivity index (χ0n) is 20.4. The van der Waals surface area contributed by atoms with E-state index < -0.39 is 18.0 Å². The molecule has 1 heterocycles. The summed E-state index contributed by atoms with van der Waals surface area (Å²) in [6, 6.07) is 18.9. The summed E-state index contributed by atoms with van der Waals surface area (Å²) in [6.45, 7) is 0.135. The Hall–Kier alpha value is -3.72. The molecule has 0 spiro atoms. The van der Waals surface area contributed by atoms with Crippen molar-refractivity contribution in [1.82, 2.24) is 5.32 Å². The Morgan fingerprint density at radius 1 is 1.05 bits per heavy atom. The molecule has 3 amide bonds. The lowest BCUT2D eigenvalue weighted by Gasteiger charge is -2.25. The third kappa shape index (κ3) is 6.22. The lowest BCUT2D eigenvalue weighted by Crippen LogP contribution is -2.47. The molecule has 1 aliphatic heterocycles. The molecule has 8 nitrogen and oxygen atoms in total. The van der Waals surface area contributed by atoms with E-state index in [2.05, 4.69) is 5.32 Å². The van der Waals surface area contributed by atoms with Gasteiger partial charge in [-0.15, -0.1) is 0 Å². The first-order valence-corrected chi connectivity index (χ1v) is 12.8. The summed E-state index contributed by atoms with van der Waals surface area (Å²) in [6.07, 6.45) is -0.437. The zero-order chi connectivity index (χ0) is 27.2. The predicted octanol–water partition coefficient (Wildman–Crippen LogP) is 3.73. The molecule has 0 aliphatic carbocycles. The molecule has 38 heavy (non-hydrogen) atoms. The van der Waals surface area contributed by atoms with Crippen LogP contribution in [-0.2, 0) is 16.0 Å². The number of para-hydroxylation sites is 1. The van der Waals surface area contributed by atoms with Crippen molar-refractivity contribution < 1.29 is 19.5 Å². The number of carbonyl (C=O) groups is 3. The number of aliphatic hydroxyl groups excluding tert-OH is 1. The Bertz CT molecular complexity index is 1390. The molecule has 3 aromatic rings. The minimum Gasteiger partial charge on any atom is -0.396 e. The smallest absolute Gasteiger partial charge is 0.272 e. The predicted molar refractivity (Wildman–Crippen MR) is 148 cm³/mol. The second-order valence-corrected chi connectivity index (χ2v) is 9.55. The lowest BCUT2D eigenvalue weighted by atomic mass is 9.99. The summed E-state index contributed by atoms with van der Waals surface area (Å²) < 4.78 is 0. The standard InChI is InChI=1S/C28H26Cl2N4O4/c29-20-12-10-17(22(30)16-20)11-13-24(36)32-27-28(38)34(14-3-15-35)23-5-2-1-4-21(23)25(33-27)18-6-8-19(9-7-18)26(31)37/h1-2,4-10,12,16,27,35H,3,11,13-15H2,(H2,31,37)(H,32,36). The van der Waals surface area contributed by atoms with Gasteiger partial charge < -0.3 is 21.1 Å². The molecule has 1 atom stereocenters. The largest absolute Gasteiger partial charge is 0.396 e. The average molecular weight is 553 g/mol. The topological polar surface area (TPSA) is 125 Å². The SMILES string of the molecule is NC(=O)c1ccc(C2=NC(NC(=O)CCc3ccc(Cl)cc3Cl)C(=O)N(CCCO)c3ccccc32)cc1. The van der Waals surface area contributed by atoms with Crippen molar-refractivity contribution in [3.8, 4) is 0 Å². The molecule has 1 unspecified atom stereocenters. The maximum atomic E-state index is 13.7. The monoisotopic (exact) mass is 552 g/mol. The Labute approximate surface area is 230 Å². The number of nitrogens with zero attached hydrogens (tertiary/aromatic N) is 2. The Morgan fingerprint density at radius 2 is 1.79 bits per heavy atom. The van der Waals surface area contributed by atoms with Crippen LogP contribution in [0.2, 0.25) is 10.0 Å². The van der Waals surface area contributed by atoms with E-state index in [-0.39, 0.29) is 25.5 Å². The summed E-state index contributed by atoms with van der Waals surface area (Å²) in [4.78, 5) is 44.4. The van der Waals surface area contributed by atoms with Crippen molar-refractivity contribution in [2.75, 3.05) is 18.1 Å². The number of nitrogens with two attached hydrogens (primary N) is 1. The highest BCUT2D eigenvalue weighted by molar-refractivity contribution is 6.35. The summed E-state index contributed by atoms with van der Waals surface area (Å²) in [5.41, 5.74) is 8.88. The van der Waals surface area contributed by atoms with Crippen LogP contribution in [0.15, 0.2) is 71.7 Å². The van der Waals surface area contributed by atoms with Crippen LogP contribution in [0.25, 0.3) is 0 Å². The molecular formula is C28H26Cl2N4O4. The molecular weight excluding hydrogens is 527 g/mol. The number of benzene rings is 3. The number of hydrogen-bond acceptors (Lipinski definition) is 5. The van der Waals surface area contributed by atoms with Gasteiger partial charge in [0.25, 0.3) is 5.91 Å². The highest BCUT2D eigenvalue weighted by Gasteiger charge is 2.32. The number of halogens is 2. The Balaban J connectivity index is 1.67. The molecule has 0 fully saturated rings. The fourth-order valence-electron chi connectivity index (χ4n) is 4.20. The number of carbonyl (C=O) groups excluding carboxylic acids is 3. The van der Waals surface area contributed by atoms with Crippen LogP contribution in [-0.4, -0.2) is 47.9 Å². The van der Waals surface area contributed by atoms with Crippen LogP contribution in [0.1, 0.15) is 39.9 Å². The minimum absolute atomic E-state index is 0.0763. The Kier molecular flexibility index (Phi) is 8.78. The second-order valence-electron chi connectivity index (χ2n) is 8.71. The van der Waals surface area contributed by atoms with Crippen LogP contribution in [0.5, 0.6) is 0 Å². The van der Waals surface area contributed by atoms with Gasteiger partial charge in [-0.3, -0.25) is 14.4 Å². The number of aliphatic imine (C=N–C) groups is 1. The van der Waals surface area contributed by atoms with Crippen molar-refractivity contribution in [1.29, 1.82) is 0 Å². The Morgan fingerprint density at radius 3 is 2.47 bits per heavy atom. The number of fused-ring (bicyclic) bond motifs is 1. The molecule has 10 heteroatoms. The summed E-state index contributed by atoms with van der Waals surface area (Å²) in [5, 5.41) is 13.2. The lowest BCUT2D eigenvalue weighted by molar-refractivity contribution is -0.127. The van der Waals surface area contributed by atoms with E-state index in [1.165, 1.54) is 4.90 Å². The van der Waals surface area contributed by atoms with Gasteiger partial charge in [-0.1, -0.05) is 59.6 Å². The highest BCUT2D eigenvalue weighted by atomic mass is 35.5. The van der Waals surface area contributed by atoms with Gasteiger partial charge in [0.1, 0.15) is 0 Å². The second kappa shape index (κ2) is 12.2. The van der Waals surface area contributed by atoms with Crippen LogP contribution in [0, 0.1) is 0 Å². The molecule has 1 aliphatic rings. The summed E-state index contributed by atoms with van der Waals surface area (Å²) in [7, 11) is 0. The number of nitrogens with one attached hydrogen (secondary N) is 1. The third-order valence-electron chi connectivity index (χ3n) is 6.13. The number of amides is 3. The van der Waals surface area contributed by atoms with E-state index in [9.17, 15) is 19.5 Å². The number of aryl methyl sites for hydroxylation is 1. The van der Waals surface area contributed by atoms with Gasteiger partial charge in [0, 0.05) is 46.3 Å². The van der Waals surface area contributed by atoms with Crippen molar-refractivity contribution in [2.45, 2.75) is 25.4 Å². The van der Waals surface area contributed by atoms with E-state index >= 15 is 0 Å². The molecule has 0 aromatic heterocycles. The van der Waals surface area contributed by atoms with Crippen molar-refractivity contribution in [3.63, 3.8) is 0 Å². The van der Waals surface area contributed by atoms with E-state index in [4.69, 9.17) is 33.9 Å². The van der Waals surface area contributed by atoms with Crippen LogP contribution >= 0.6 is 23.2 Å². The van der Waals surface area contributed by atoms with Gasteiger partial charge in [0.2, 0.25) is 18.0 Å². The van der Waals surface area contributed by atoms with Crippen molar-refractivity contribution in [2.24, 2.45) is 10.7 Å². The van der Waals surface area contributed by atoms with E-state index in [1.807, 2.05) is 12.1 Å². The molecule has 4 N–H and O–H groups in total. The van der Waals surface area contributed by atoms with Gasteiger partial charge in [-0.2, -0.15) is 0 Å².